The number of aromatic nitrogens is 3. The normalized spacial score (nSPS) is 11.8. The SMILES string of the molecule is Fc1c(-c2ncn[nH]2)cccc1C(F)(F)F. The average Bonchev–Trinajstić information content (AvgIpc) is 2.69. The van der Waals surface area contributed by atoms with Gasteiger partial charge in [-0.2, -0.15) is 18.3 Å². The Labute approximate surface area is 87.1 Å². The average molecular weight is 231 g/mol. The monoisotopic (exact) mass is 231 g/mol. The molecule has 0 aliphatic heterocycles. The van der Waals surface area contributed by atoms with Crippen molar-refractivity contribution >= 4 is 0 Å². The molecule has 0 atom stereocenters. The summed E-state index contributed by atoms with van der Waals surface area (Å²) in [4.78, 5) is 3.60. The summed E-state index contributed by atoms with van der Waals surface area (Å²) in [6, 6.07) is 2.99. The van der Waals surface area contributed by atoms with Gasteiger partial charge in [0.25, 0.3) is 0 Å². The van der Waals surface area contributed by atoms with Crippen LogP contribution >= 0.6 is 0 Å². The number of H-pyrrole nitrogens is 1. The van der Waals surface area contributed by atoms with Crippen LogP contribution in [0.25, 0.3) is 11.4 Å². The molecule has 0 fully saturated rings. The predicted molar refractivity (Wildman–Crippen MR) is 46.8 cm³/mol. The van der Waals surface area contributed by atoms with Crippen molar-refractivity contribution in [3.63, 3.8) is 0 Å². The van der Waals surface area contributed by atoms with Gasteiger partial charge in [-0.05, 0) is 12.1 Å². The molecule has 0 amide bonds. The summed E-state index contributed by atoms with van der Waals surface area (Å²) < 4.78 is 50.7. The molecule has 1 aromatic heterocycles. The van der Waals surface area contributed by atoms with Gasteiger partial charge in [-0.25, -0.2) is 9.37 Å². The Morgan fingerprint density at radius 1 is 1.19 bits per heavy atom. The first-order chi connectivity index (χ1) is 7.50. The minimum Gasteiger partial charge on any atom is -0.259 e. The molecule has 0 saturated carbocycles. The summed E-state index contributed by atoms with van der Waals surface area (Å²) in [5.41, 5.74) is -1.58. The second-order valence-electron chi connectivity index (χ2n) is 3.00. The first kappa shape index (κ1) is 10.6. The van der Waals surface area contributed by atoms with Crippen LogP contribution < -0.4 is 0 Å². The second kappa shape index (κ2) is 3.58. The van der Waals surface area contributed by atoms with E-state index in [1.165, 1.54) is 6.07 Å². The molecule has 0 spiro atoms. The Morgan fingerprint density at radius 3 is 2.50 bits per heavy atom. The molecule has 0 aliphatic rings. The minimum absolute atomic E-state index is 0.0383. The standard InChI is InChI=1S/C9H5F4N3/c10-7-5(8-14-4-15-16-8)2-1-3-6(7)9(11,12)13/h1-4H,(H,14,15,16). The molecule has 1 aromatic carbocycles. The Bertz CT molecular complexity index is 490. The lowest BCUT2D eigenvalue weighted by Crippen LogP contribution is -2.08. The number of nitrogens with zero attached hydrogens (tertiary/aromatic N) is 2. The van der Waals surface area contributed by atoms with Crippen molar-refractivity contribution in [3.8, 4) is 11.4 Å². The van der Waals surface area contributed by atoms with E-state index < -0.39 is 17.6 Å². The largest absolute Gasteiger partial charge is 0.419 e. The van der Waals surface area contributed by atoms with Crippen molar-refractivity contribution in [2.45, 2.75) is 6.18 Å². The Kier molecular flexibility index (Phi) is 2.37. The molecule has 16 heavy (non-hydrogen) atoms. The second-order valence-corrected chi connectivity index (χ2v) is 3.00. The van der Waals surface area contributed by atoms with Crippen LogP contribution in [0.4, 0.5) is 17.6 Å². The van der Waals surface area contributed by atoms with E-state index in [4.69, 9.17) is 0 Å². The molecule has 2 rings (SSSR count). The van der Waals surface area contributed by atoms with E-state index in [1.807, 2.05) is 0 Å². The smallest absolute Gasteiger partial charge is 0.259 e. The van der Waals surface area contributed by atoms with E-state index in [0.29, 0.717) is 6.07 Å². The fourth-order valence-corrected chi connectivity index (χ4v) is 1.27. The molecule has 0 aliphatic carbocycles. The number of halogens is 4. The highest BCUT2D eigenvalue weighted by molar-refractivity contribution is 5.57. The third-order valence-corrected chi connectivity index (χ3v) is 1.97. The lowest BCUT2D eigenvalue weighted by atomic mass is 10.1. The van der Waals surface area contributed by atoms with E-state index in [0.717, 1.165) is 12.4 Å². The zero-order valence-corrected chi connectivity index (χ0v) is 7.72. The van der Waals surface area contributed by atoms with Crippen LogP contribution in [0.2, 0.25) is 0 Å². The number of hydrogen-bond acceptors (Lipinski definition) is 2. The molecule has 1 heterocycles. The quantitative estimate of drug-likeness (QED) is 0.766. The van der Waals surface area contributed by atoms with Gasteiger partial charge < -0.3 is 0 Å². The first-order valence-corrected chi connectivity index (χ1v) is 4.21. The van der Waals surface area contributed by atoms with Gasteiger partial charge in [-0.3, -0.25) is 5.10 Å². The highest BCUT2D eigenvalue weighted by Crippen LogP contribution is 2.34. The van der Waals surface area contributed by atoms with Crippen LogP contribution in [-0.2, 0) is 6.18 Å². The van der Waals surface area contributed by atoms with E-state index in [1.54, 1.807) is 0 Å². The van der Waals surface area contributed by atoms with Gasteiger partial charge >= 0.3 is 6.18 Å². The fraction of sp³-hybridized carbons (Fsp3) is 0.111. The minimum atomic E-state index is -4.72. The maximum absolute atomic E-state index is 13.5. The summed E-state index contributed by atoms with van der Waals surface area (Å²) in [6.07, 6.45) is -3.63. The molecule has 0 bridgehead atoms. The third kappa shape index (κ3) is 1.75. The van der Waals surface area contributed by atoms with Crippen LogP contribution in [0.3, 0.4) is 0 Å². The number of alkyl halides is 3. The zero-order valence-electron chi connectivity index (χ0n) is 7.72. The van der Waals surface area contributed by atoms with Gasteiger partial charge in [0.15, 0.2) is 5.82 Å². The summed E-state index contributed by atoms with van der Waals surface area (Å²) in [5.74, 6) is -1.39. The molecule has 7 heteroatoms. The van der Waals surface area contributed by atoms with E-state index in [9.17, 15) is 17.6 Å². The molecule has 1 N–H and O–H groups in total. The lowest BCUT2D eigenvalue weighted by Gasteiger charge is -2.09. The van der Waals surface area contributed by atoms with Crippen molar-refractivity contribution in [3.05, 3.63) is 35.9 Å². The van der Waals surface area contributed by atoms with Gasteiger partial charge in [0, 0.05) is 0 Å². The predicted octanol–water partition coefficient (Wildman–Crippen LogP) is 2.63. The van der Waals surface area contributed by atoms with E-state index in [2.05, 4.69) is 15.2 Å². The lowest BCUT2D eigenvalue weighted by molar-refractivity contribution is -0.139. The number of nitrogens with one attached hydrogen (secondary N) is 1. The van der Waals surface area contributed by atoms with Gasteiger partial charge in [0.05, 0.1) is 11.1 Å². The van der Waals surface area contributed by atoms with Crippen molar-refractivity contribution in [2.75, 3.05) is 0 Å². The van der Waals surface area contributed by atoms with Crippen LogP contribution in [0.15, 0.2) is 24.5 Å². The maximum atomic E-state index is 13.5. The highest BCUT2D eigenvalue weighted by atomic mass is 19.4. The number of aromatic amines is 1. The Balaban J connectivity index is 2.58. The van der Waals surface area contributed by atoms with Gasteiger partial charge in [-0.15, -0.1) is 0 Å². The number of rotatable bonds is 1. The summed E-state index contributed by atoms with van der Waals surface area (Å²) in [5, 5.41) is 5.75. The van der Waals surface area contributed by atoms with Crippen LogP contribution in [0, 0.1) is 5.82 Å². The van der Waals surface area contributed by atoms with E-state index in [-0.39, 0.29) is 11.4 Å². The summed E-state index contributed by atoms with van der Waals surface area (Å²) >= 11 is 0. The summed E-state index contributed by atoms with van der Waals surface area (Å²) in [6.45, 7) is 0. The molecule has 0 saturated heterocycles. The van der Waals surface area contributed by atoms with Crippen molar-refractivity contribution in [1.29, 1.82) is 0 Å². The Hall–Kier alpha value is -1.92. The van der Waals surface area contributed by atoms with Crippen LogP contribution in [0.5, 0.6) is 0 Å². The van der Waals surface area contributed by atoms with Gasteiger partial charge in [-0.1, -0.05) is 6.07 Å². The fourth-order valence-electron chi connectivity index (χ4n) is 1.27. The van der Waals surface area contributed by atoms with Crippen molar-refractivity contribution in [1.82, 2.24) is 15.2 Å². The number of hydrogen-bond donors (Lipinski definition) is 1. The topological polar surface area (TPSA) is 41.6 Å². The Morgan fingerprint density at radius 2 is 1.94 bits per heavy atom. The first-order valence-electron chi connectivity index (χ1n) is 4.21. The maximum Gasteiger partial charge on any atom is 0.419 e. The number of benzene rings is 1. The zero-order chi connectivity index (χ0) is 11.8. The molecule has 0 unspecified atom stereocenters. The van der Waals surface area contributed by atoms with Gasteiger partial charge in [0.2, 0.25) is 0 Å². The highest BCUT2D eigenvalue weighted by Gasteiger charge is 2.35. The molecule has 3 nitrogen and oxygen atoms in total. The molecular formula is C9H5F4N3. The van der Waals surface area contributed by atoms with Gasteiger partial charge in [0.1, 0.15) is 12.1 Å². The van der Waals surface area contributed by atoms with Crippen molar-refractivity contribution < 1.29 is 17.6 Å². The molecule has 0 radical (unpaired) electrons. The molecular weight excluding hydrogens is 226 g/mol. The summed E-state index contributed by atoms with van der Waals surface area (Å²) in [7, 11) is 0. The van der Waals surface area contributed by atoms with Crippen LogP contribution in [-0.4, -0.2) is 15.2 Å². The molecule has 2 aromatic rings. The van der Waals surface area contributed by atoms with E-state index >= 15 is 0 Å². The van der Waals surface area contributed by atoms with Crippen LogP contribution in [0.1, 0.15) is 5.56 Å². The van der Waals surface area contributed by atoms with Crippen molar-refractivity contribution in [2.24, 2.45) is 0 Å². The third-order valence-electron chi connectivity index (χ3n) is 1.97. The molecule has 84 valence electrons.